The Balaban J connectivity index is 1.41. The Kier molecular flexibility index (Phi) is 8.18. The van der Waals surface area contributed by atoms with E-state index >= 15 is 0 Å². The third-order valence-electron chi connectivity index (χ3n) is 5.71. The number of halogens is 1. The Bertz CT molecular complexity index is 893. The lowest BCUT2D eigenvalue weighted by Gasteiger charge is -2.32. The van der Waals surface area contributed by atoms with Gasteiger partial charge in [-0.25, -0.2) is 0 Å². The molecule has 0 atom stereocenters. The molecular formula is C24H29ClN2O4. The van der Waals surface area contributed by atoms with Crippen molar-refractivity contribution in [2.45, 2.75) is 25.7 Å². The third-order valence-corrected chi connectivity index (χ3v) is 5.96. The van der Waals surface area contributed by atoms with Crippen molar-refractivity contribution < 1.29 is 19.1 Å². The number of ether oxygens (including phenoxy) is 2. The fraction of sp³-hybridized carbons (Fsp3) is 0.417. The molecule has 1 fully saturated rings. The van der Waals surface area contributed by atoms with Gasteiger partial charge in [0.15, 0.2) is 11.5 Å². The average Bonchev–Trinajstić information content (AvgIpc) is 2.81. The van der Waals surface area contributed by atoms with Crippen LogP contribution in [0.4, 0.5) is 0 Å². The van der Waals surface area contributed by atoms with Crippen molar-refractivity contribution in [3.05, 3.63) is 58.6 Å². The van der Waals surface area contributed by atoms with Crippen LogP contribution in [-0.4, -0.2) is 50.6 Å². The molecule has 0 spiro atoms. The second kappa shape index (κ2) is 11.0. The number of hydrogen-bond donors (Lipinski definition) is 1. The number of carbonyl (C=O) groups is 2. The first kappa shape index (κ1) is 22.9. The molecule has 1 saturated heterocycles. The number of likely N-dealkylation sites (tertiary alicyclic amines) is 1. The molecule has 0 saturated carbocycles. The Morgan fingerprint density at radius 3 is 2.35 bits per heavy atom. The number of aryl methyl sites for hydroxylation is 1. The zero-order valence-electron chi connectivity index (χ0n) is 18.0. The van der Waals surface area contributed by atoms with E-state index in [0.29, 0.717) is 41.0 Å². The molecule has 1 aliphatic heterocycles. The molecule has 0 bridgehead atoms. The molecule has 0 radical (unpaired) electrons. The molecule has 2 aromatic carbocycles. The van der Waals surface area contributed by atoms with Gasteiger partial charge in [0.1, 0.15) is 0 Å². The summed E-state index contributed by atoms with van der Waals surface area (Å²) in [5, 5.41) is 3.71. The molecule has 1 aliphatic rings. The second-order valence-corrected chi connectivity index (χ2v) is 8.17. The van der Waals surface area contributed by atoms with E-state index in [2.05, 4.69) is 5.32 Å². The highest BCUT2D eigenvalue weighted by Crippen LogP contribution is 2.27. The Morgan fingerprint density at radius 2 is 1.71 bits per heavy atom. The Labute approximate surface area is 188 Å². The van der Waals surface area contributed by atoms with E-state index < -0.39 is 0 Å². The summed E-state index contributed by atoms with van der Waals surface area (Å²) in [6.07, 6.45) is 3.00. The van der Waals surface area contributed by atoms with E-state index in [-0.39, 0.29) is 11.8 Å². The van der Waals surface area contributed by atoms with Crippen LogP contribution in [0.1, 0.15) is 35.2 Å². The predicted octanol–water partition coefficient (Wildman–Crippen LogP) is 3.96. The Morgan fingerprint density at radius 1 is 1.03 bits per heavy atom. The van der Waals surface area contributed by atoms with Gasteiger partial charge in [-0.05, 0) is 61.1 Å². The molecule has 0 unspecified atom stereocenters. The minimum atomic E-state index is -0.137. The van der Waals surface area contributed by atoms with Crippen molar-refractivity contribution in [3.63, 3.8) is 0 Å². The molecule has 1 heterocycles. The smallest absolute Gasteiger partial charge is 0.251 e. The van der Waals surface area contributed by atoms with Crippen molar-refractivity contribution in [3.8, 4) is 11.5 Å². The van der Waals surface area contributed by atoms with Gasteiger partial charge in [-0.15, -0.1) is 0 Å². The monoisotopic (exact) mass is 444 g/mol. The van der Waals surface area contributed by atoms with Crippen LogP contribution in [-0.2, 0) is 11.2 Å². The normalized spacial score (nSPS) is 14.2. The molecule has 2 amide bonds. The number of hydrogen-bond acceptors (Lipinski definition) is 4. The lowest BCUT2D eigenvalue weighted by atomic mass is 9.96. The fourth-order valence-electron chi connectivity index (χ4n) is 3.76. The fourth-order valence-corrected chi connectivity index (χ4v) is 3.89. The first-order valence-electron chi connectivity index (χ1n) is 10.5. The van der Waals surface area contributed by atoms with Crippen LogP contribution < -0.4 is 14.8 Å². The number of piperidine rings is 1. The summed E-state index contributed by atoms with van der Waals surface area (Å²) in [5.41, 5.74) is 1.65. The van der Waals surface area contributed by atoms with Crippen LogP contribution in [0.3, 0.4) is 0 Å². The maximum Gasteiger partial charge on any atom is 0.251 e. The highest BCUT2D eigenvalue weighted by atomic mass is 35.5. The minimum absolute atomic E-state index is 0.137. The summed E-state index contributed by atoms with van der Waals surface area (Å²) in [4.78, 5) is 26.9. The molecule has 6 nitrogen and oxygen atoms in total. The summed E-state index contributed by atoms with van der Waals surface area (Å²) in [7, 11) is 3.11. The molecule has 7 heteroatoms. The van der Waals surface area contributed by atoms with Gasteiger partial charge in [-0.2, -0.15) is 0 Å². The van der Waals surface area contributed by atoms with Gasteiger partial charge in [0.25, 0.3) is 5.91 Å². The lowest BCUT2D eigenvalue weighted by Crippen LogP contribution is -2.41. The van der Waals surface area contributed by atoms with Crippen LogP contribution in [0.15, 0.2) is 42.5 Å². The SMILES string of the molecule is COc1ccc(C(=O)NCC2CCN(C(=O)CCc3ccc(Cl)cc3)CC2)cc1OC. The molecule has 31 heavy (non-hydrogen) atoms. The number of rotatable bonds is 8. The summed E-state index contributed by atoms with van der Waals surface area (Å²) in [6.45, 7) is 2.06. The molecule has 2 aromatic rings. The van der Waals surface area contributed by atoms with Gasteiger partial charge in [0.05, 0.1) is 14.2 Å². The van der Waals surface area contributed by atoms with Gasteiger partial charge in [-0.3, -0.25) is 9.59 Å². The highest BCUT2D eigenvalue weighted by molar-refractivity contribution is 6.30. The first-order valence-corrected chi connectivity index (χ1v) is 10.9. The maximum atomic E-state index is 12.5. The van der Waals surface area contributed by atoms with Crippen molar-refractivity contribution in [2.24, 2.45) is 5.92 Å². The summed E-state index contributed by atoms with van der Waals surface area (Å²) < 4.78 is 10.5. The molecule has 166 valence electrons. The molecule has 0 aromatic heterocycles. The van der Waals surface area contributed by atoms with E-state index in [0.717, 1.165) is 37.9 Å². The summed E-state index contributed by atoms with van der Waals surface area (Å²) >= 11 is 5.90. The molecule has 1 N–H and O–H groups in total. The first-order chi connectivity index (χ1) is 15.0. The van der Waals surface area contributed by atoms with Crippen LogP contribution in [0, 0.1) is 5.92 Å². The zero-order chi connectivity index (χ0) is 22.2. The van der Waals surface area contributed by atoms with Crippen LogP contribution in [0.25, 0.3) is 0 Å². The molecule has 0 aliphatic carbocycles. The van der Waals surface area contributed by atoms with Crippen molar-refractivity contribution in [1.29, 1.82) is 0 Å². The number of methoxy groups -OCH3 is 2. The van der Waals surface area contributed by atoms with Crippen molar-refractivity contribution in [2.75, 3.05) is 33.9 Å². The van der Waals surface area contributed by atoms with E-state index in [1.807, 2.05) is 29.2 Å². The maximum absolute atomic E-state index is 12.5. The van der Waals surface area contributed by atoms with Gasteiger partial charge in [0.2, 0.25) is 5.91 Å². The number of carbonyl (C=O) groups excluding carboxylic acids is 2. The van der Waals surface area contributed by atoms with Crippen LogP contribution in [0.5, 0.6) is 11.5 Å². The number of benzene rings is 2. The molecule has 3 rings (SSSR count). The largest absolute Gasteiger partial charge is 0.493 e. The van der Waals surface area contributed by atoms with E-state index in [1.54, 1.807) is 32.4 Å². The van der Waals surface area contributed by atoms with Crippen LogP contribution >= 0.6 is 11.6 Å². The summed E-state index contributed by atoms with van der Waals surface area (Å²) in [6, 6.07) is 12.7. The third kappa shape index (κ3) is 6.37. The standard InChI is InChI=1S/C24H29ClN2O4/c1-30-21-9-6-19(15-22(21)31-2)24(29)26-16-18-11-13-27(14-12-18)23(28)10-5-17-3-7-20(25)8-4-17/h3-4,6-9,15,18H,5,10-14,16H2,1-2H3,(H,26,29). The predicted molar refractivity (Wildman–Crippen MR) is 121 cm³/mol. The minimum Gasteiger partial charge on any atom is -0.493 e. The number of nitrogens with zero attached hydrogens (tertiary/aromatic N) is 1. The van der Waals surface area contributed by atoms with Gasteiger partial charge < -0.3 is 19.7 Å². The van der Waals surface area contributed by atoms with E-state index in [4.69, 9.17) is 21.1 Å². The van der Waals surface area contributed by atoms with Crippen molar-refractivity contribution >= 4 is 23.4 Å². The molecular weight excluding hydrogens is 416 g/mol. The van der Waals surface area contributed by atoms with Crippen LogP contribution in [0.2, 0.25) is 5.02 Å². The Hall–Kier alpha value is -2.73. The zero-order valence-corrected chi connectivity index (χ0v) is 18.8. The quantitative estimate of drug-likeness (QED) is 0.669. The summed E-state index contributed by atoms with van der Waals surface area (Å²) in [5.74, 6) is 1.53. The van der Waals surface area contributed by atoms with E-state index in [9.17, 15) is 9.59 Å². The second-order valence-electron chi connectivity index (χ2n) is 7.73. The van der Waals surface area contributed by atoms with Gasteiger partial charge in [-0.1, -0.05) is 23.7 Å². The van der Waals surface area contributed by atoms with Gasteiger partial charge in [0, 0.05) is 36.6 Å². The van der Waals surface area contributed by atoms with E-state index in [1.165, 1.54) is 0 Å². The average molecular weight is 445 g/mol. The van der Waals surface area contributed by atoms with Gasteiger partial charge >= 0.3 is 0 Å². The lowest BCUT2D eigenvalue weighted by molar-refractivity contribution is -0.132. The highest BCUT2D eigenvalue weighted by Gasteiger charge is 2.23. The number of nitrogens with one attached hydrogen (secondary N) is 1. The number of amides is 2. The van der Waals surface area contributed by atoms with Crippen molar-refractivity contribution in [1.82, 2.24) is 10.2 Å². The topological polar surface area (TPSA) is 67.9 Å².